The highest BCUT2D eigenvalue weighted by Crippen LogP contribution is 2.29. The lowest BCUT2D eigenvalue weighted by molar-refractivity contribution is -0.136. The number of benzene rings is 2. The van der Waals surface area contributed by atoms with Crippen LogP contribution in [-0.4, -0.2) is 43.4 Å². The molecule has 0 unspecified atom stereocenters. The zero-order chi connectivity index (χ0) is 21.2. The summed E-state index contributed by atoms with van der Waals surface area (Å²) < 4.78 is 29.4. The lowest BCUT2D eigenvalue weighted by atomic mass is 10.1. The van der Waals surface area contributed by atoms with Gasteiger partial charge in [-0.15, -0.1) is 0 Å². The highest BCUT2D eigenvalue weighted by molar-refractivity contribution is 7.91. The Morgan fingerprint density at radius 2 is 1.69 bits per heavy atom. The van der Waals surface area contributed by atoms with Crippen molar-refractivity contribution in [2.45, 2.75) is 19.0 Å². The molecule has 0 bridgehead atoms. The van der Waals surface area contributed by atoms with Crippen molar-refractivity contribution in [3.63, 3.8) is 0 Å². The third kappa shape index (κ3) is 5.92. The predicted octanol–water partition coefficient (Wildman–Crippen LogP) is 4.89. The molecule has 1 fully saturated rings. The number of carbonyl (C=O) groups excluding carboxylic acids is 1. The molecule has 1 saturated heterocycles. The molecule has 0 N–H and O–H groups in total. The maximum absolute atomic E-state index is 12.9. The lowest BCUT2D eigenvalue weighted by Gasteiger charge is -2.29. The SMILES string of the molecule is O=C(COc1ccc(Cl)cc1Cl)N(Cc1ccc(Cl)cc1Cl)[C@H]1CCS(=O)(=O)C1. The summed E-state index contributed by atoms with van der Waals surface area (Å²) in [6.07, 6.45) is 0.362. The maximum Gasteiger partial charge on any atom is 0.261 e. The fourth-order valence-electron chi connectivity index (χ4n) is 3.09. The Bertz CT molecular complexity index is 1030. The molecule has 3 rings (SSSR count). The van der Waals surface area contributed by atoms with Crippen LogP contribution in [0.5, 0.6) is 5.75 Å². The van der Waals surface area contributed by atoms with Gasteiger partial charge in [-0.3, -0.25) is 4.79 Å². The van der Waals surface area contributed by atoms with Gasteiger partial charge >= 0.3 is 0 Å². The number of carbonyl (C=O) groups is 1. The van der Waals surface area contributed by atoms with Crippen LogP contribution in [0.2, 0.25) is 20.1 Å². The van der Waals surface area contributed by atoms with Crippen LogP contribution in [0, 0.1) is 0 Å². The van der Waals surface area contributed by atoms with Gasteiger partial charge < -0.3 is 9.64 Å². The van der Waals surface area contributed by atoms with Crippen molar-refractivity contribution in [2.75, 3.05) is 18.1 Å². The molecular formula is C19H17Cl4NO4S. The highest BCUT2D eigenvalue weighted by Gasteiger charge is 2.35. The summed E-state index contributed by atoms with van der Waals surface area (Å²) in [6.45, 7) is -0.157. The minimum Gasteiger partial charge on any atom is -0.482 e. The molecule has 0 aromatic heterocycles. The fraction of sp³-hybridized carbons (Fsp3) is 0.316. The number of amides is 1. The van der Waals surface area contributed by atoms with Gasteiger partial charge in [0, 0.05) is 27.7 Å². The summed E-state index contributed by atoms with van der Waals surface area (Å²) in [5, 5.41) is 1.60. The van der Waals surface area contributed by atoms with E-state index in [4.69, 9.17) is 51.1 Å². The number of ether oxygens (including phenoxy) is 1. The summed E-state index contributed by atoms with van der Waals surface area (Å²) >= 11 is 24.1. The van der Waals surface area contributed by atoms with Crippen molar-refractivity contribution >= 4 is 62.1 Å². The minimum atomic E-state index is -3.19. The molecule has 29 heavy (non-hydrogen) atoms. The number of nitrogens with zero attached hydrogens (tertiary/aromatic N) is 1. The summed E-state index contributed by atoms with van der Waals surface area (Å²) in [5.41, 5.74) is 0.665. The molecule has 0 radical (unpaired) electrons. The van der Waals surface area contributed by atoms with Gasteiger partial charge in [-0.1, -0.05) is 52.5 Å². The Morgan fingerprint density at radius 3 is 2.28 bits per heavy atom. The highest BCUT2D eigenvalue weighted by atomic mass is 35.5. The average Bonchev–Trinajstić information content (AvgIpc) is 2.99. The maximum atomic E-state index is 12.9. The molecule has 0 saturated carbocycles. The Hall–Kier alpha value is -1.18. The van der Waals surface area contributed by atoms with Crippen LogP contribution in [0.1, 0.15) is 12.0 Å². The van der Waals surface area contributed by atoms with Gasteiger partial charge in [-0.2, -0.15) is 0 Å². The molecule has 1 heterocycles. The first-order chi connectivity index (χ1) is 13.6. The van der Waals surface area contributed by atoms with E-state index in [2.05, 4.69) is 0 Å². The molecule has 156 valence electrons. The molecule has 0 aliphatic carbocycles. The zero-order valence-electron chi connectivity index (χ0n) is 15.1. The molecule has 1 aliphatic rings. The molecule has 1 aliphatic heterocycles. The standard InChI is InChI=1S/C19H17Cl4NO4S/c20-13-2-1-12(16(22)7-13)9-24(15-5-6-29(26,27)11-15)19(25)10-28-18-4-3-14(21)8-17(18)23/h1-4,7-8,15H,5-6,9-11H2/t15-/m0/s1. The third-order valence-corrected chi connectivity index (χ3v) is 7.44. The van der Waals surface area contributed by atoms with Crippen LogP contribution < -0.4 is 4.74 Å². The van der Waals surface area contributed by atoms with Crippen molar-refractivity contribution in [2.24, 2.45) is 0 Å². The molecular weight excluding hydrogens is 480 g/mol. The van der Waals surface area contributed by atoms with Crippen molar-refractivity contribution in [3.05, 3.63) is 62.1 Å². The van der Waals surface area contributed by atoms with E-state index >= 15 is 0 Å². The number of hydrogen-bond acceptors (Lipinski definition) is 4. The normalized spacial score (nSPS) is 17.9. The van der Waals surface area contributed by atoms with Gasteiger partial charge in [0.1, 0.15) is 5.75 Å². The van der Waals surface area contributed by atoms with Crippen LogP contribution >= 0.6 is 46.4 Å². The van der Waals surface area contributed by atoms with E-state index in [0.717, 1.165) is 0 Å². The van der Waals surface area contributed by atoms with Crippen LogP contribution in [0.3, 0.4) is 0 Å². The molecule has 0 spiro atoms. The molecule has 1 atom stereocenters. The largest absolute Gasteiger partial charge is 0.482 e. The van der Waals surface area contributed by atoms with Crippen LogP contribution in [0.4, 0.5) is 0 Å². The quantitative estimate of drug-likeness (QED) is 0.570. The Labute approximate surface area is 189 Å². The summed E-state index contributed by atoms with van der Waals surface area (Å²) in [7, 11) is -3.19. The van der Waals surface area contributed by atoms with E-state index in [1.165, 1.54) is 11.0 Å². The first kappa shape index (κ1) is 22.5. The zero-order valence-corrected chi connectivity index (χ0v) is 18.9. The lowest BCUT2D eigenvalue weighted by Crippen LogP contribution is -2.43. The predicted molar refractivity (Wildman–Crippen MR) is 116 cm³/mol. The van der Waals surface area contributed by atoms with Crippen LogP contribution in [-0.2, 0) is 21.2 Å². The monoisotopic (exact) mass is 495 g/mol. The third-order valence-electron chi connectivity index (χ3n) is 4.57. The Balaban J connectivity index is 1.79. The van der Waals surface area contributed by atoms with Crippen LogP contribution in [0.15, 0.2) is 36.4 Å². The van der Waals surface area contributed by atoms with Gasteiger partial charge in [0.15, 0.2) is 16.4 Å². The number of rotatable bonds is 6. The van der Waals surface area contributed by atoms with Gasteiger partial charge in [0.05, 0.1) is 16.5 Å². The van der Waals surface area contributed by atoms with Gasteiger partial charge in [-0.05, 0) is 42.3 Å². The Kier molecular flexibility index (Phi) is 7.23. The molecule has 2 aromatic rings. The summed E-state index contributed by atoms with van der Waals surface area (Å²) in [6, 6.07) is 9.18. The van der Waals surface area contributed by atoms with E-state index in [0.29, 0.717) is 32.8 Å². The van der Waals surface area contributed by atoms with E-state index in [-0.39, 0.29) is 35.6 Å². The van der Waals surface area contributed by atoms with Gasteiger partial charge in [-0.25, -0.2) is 8.42 Å². The minimum absolute atomic E-state index is 0.0413. The Morgan fingerprint density at radius 1 is 1.03 bits per heavy atom. The number of halogens is 4. The molecule has 10 heteroatoms. The van der Waals surface area contributed by atoms with Gasteiger partial charge in [0.25, 0.3) is 5.91 Å². The second-order valence-corrected chi connectivity index (χ2v) is 10.6. The van der Waals surface area contributed by atoms with Gasteiger partial charge in [0.2, 0.25) is 0 Å². The number of sulfone groups is 1. The van der Waals surface area contributed by atoms with Crippen molar-refractivity contribution in [1.82, 2.24) is 4.90 Å². The van der Waals surface area contributed by atoms with Crippen LogP contribution in [0.25, 0.3) is 0 Å². The van der Waals surface area contributed by atoms with Crippen molar-refractivity contribution in [1.29, 1.82) is 0 Å². The summed E-state index contributed by atoms with van der Waals surface area (Å²) in [4.78, 5) is 14.4. The topological polar surface area (TPSA) is 63.7 Å². The first-order valence-corrected chi connectivity index (χ1v) is 12.0. The summed E-state index contributed by atoms with van der Waals surface area (Å²) in [5.74, 6) is -0.109. The molecule has 5 nitrogen and oxygen atoms in total. The first-order valence-electron chi connectivity index (χ1n) is 8.66. The molecule has 1 amide bonds. The van der Waals surface area contributed by atoms with Crippen molar-refractivity contribution < 1.29 is 17.9 Å². The fourth-order valence-corrected chi connectivity index (χ4v) is 5.75. The second kappa shape index (κ2) is 9.31. The van der Waals surface area contributed by atoms with Crippen molar-refractivity contribution in [3.8, 4) is 5.75 Å². The van der Waals surface area contributed by atoms with E-state index in [9.17, 15) is 13.2 Å². The van der Waals surface area contributed by atoms with E-state index < -0.39 is 15.9 Å². The van der Waals surface area contributed by atoms with E-state index in [1.54, 1.807) is 30.3 Å². The second-order valence-electron chi connectivity index (χ2n) is 6.68. The van der Waals surface area contributed by atoms with E-state index in [1.807, 2.05) is 0 Å². The molecule has 2 aromatic carbocycles. The smallest absolute Gasteiger partial charge is 0.261 e. The number of hydrogen-bond donors (Lipinski definition) is 0. The average molecular weight is 497 g/mol.